The minimum Gasteiger partial charge on any atom is -0.372 e. The van der Waals surface area contributed by atoms with Crippen LogP contribution < -0.4 is 5.73 Å². The summed E-state index contributed by atoms with van der Waals surface area (Å²) in [6.07, 6.45) is 1.45. The van der Waals surface area contributed by atoms with E-state index in [1.807, 2.05) is 0 Å². The van der Waals surface area contributed by atoms with Crippen LogP contribution in [0.4, 0.5) is 0 Å². The minimum atomic E-state index is 0.456. The molecule has 3 N–H and O–H groups in total. The lowest BCUT2D eigenvalue weighted by molar-refractivity contribution is 0.123. The van der Waals surface area contributed by atoms with Crippen molar-refractivity contribution in [3.63, 3.8) is 0 Å². The molecule has 0 spiro atoms. The number of hydrogen-bond acceptors (Lipinski definition) is 4. The molecule has 0 saturated heterocycles. The second-order valence-electron chi connectivity index (χ2n) is 1.77. The molecular weight excluding hydrogens is 132 g/mol. The first-order valence-corrected chi connectivity index (χ1v) is 3.05. The number of nitrogens with two attached hydrogens (primary N) is 1. The highest BCUT2D eigenvalue weighted by Gasteiger charge is 1.92. The molecule has 0 saturated carbocycles. The van der Waals surface area contributed by atoms with Crippen LogP contribution >= 0.6 is 0 Å². The normalized spacial score (nSPS) is 10.1. The van der Waals surface area contributed by atoms with Crippen molar-refractivity contribution in [2.45, 2.75) is 6.61 Å². The Morgan fingerprint density at radius 1 is 1.70 bits per heavy atom. The van der Waals surface area contributed by atoms with E-state index in [4.69, 9.17) is 10.5 Å². The minimum absolute atomic E-state index is 0.456. The van der Waals surface area contributed by atoms with E-state index < -0.39 is 0 Å². The van der Waals surface area contributed by atoms with Crippen LogP contribution in [-0.2, 0) is 11.3 Å². The van der Waals surface area contributed by atoms with Crippen molar-refractivity contribution in [1.82, 2.24) is 15.2 Å². The Morgan fingerprint density at radius 2 is 2.60 bits per heavy atom. The van der Waals surface area contributed by atoms with Gasteiger partial charge in [-0.2, -0.15) is 5.10 Å². The summed E-state index contributed by atoms with van der Waals surface area (Å²) in [6, 6.07) is 0. The Bertz CT molecular complexity index is 162. The molecule has 5 heteroatoms. The second kappa shape index (κ2) is 3.97. The van der Waals surface area contributed by atoms with E-state index in [1.165, 1.54) is 6.33 Å². The number of H-pyrrole nitrogens is 1. The van der Waals surface area contributed by atoms with Crippen LogP contribution in [0.3, 0.4) is 0 Å². The summed E-state index contributed by atoms with van der Waals surface area (Å²) in [5.74, 6) is 0.730. The SMILES string of the molecule is NCCOCc1ncn[nH]1. The number of hydrogen-bond donors (Lipinski definition) is 2. The fourth-order valence-corrected chi connectivity index (χ4v) is 0.553. The van der Waals surface area contributed by atoms with Crippen LogP contribution in [0.25, 0.3) is 0 Å². The molecule has 0 unspecified atom stereocenters. The van der Waals surface area contributed by atoms with Gasteiger partial charge in [0, 0.05) is 6.54 Å². The van der Waals surface area contributed by atoms with Gasteiger partial charge in [0.1, 0.15) is 18.8 Å². The van der Waals surface area contributed by atoms with E-state index in [2.05, 4.69) is 15.2 Å². The fourth-order valence-electron chi connectivity index (χ4n) is 0.553. The van der Waals surface area contributed by atoms with E-state index in [0.717, 1.165) is 5.82 Å². The van der Waals surface area contributed by atoms with Crippen LogP contribution in [0.2, 0.25) is 0 Å². The largest absolute Gasteiger partial charge is 0.372 e. The van der Waals surface area contributed by atoms with Crippen LogP contribution in [0.1, 0.15) is 5.82 Å². The molecule has 5 nitrogen and oxygen atoms in total. The summed E-state index contributed by atoms with van der Waals surface area (Å²) < 4.78 is 5.07. The number of nitrogens with one attached hydrogen (secondary N) is 1. The van der Waals surface area contributed by atoms with E-state index in [0.29, 0.717) is 19.8 Å². The number of aromatic amines is 1. The first-order chi connectivity index (χ1) is 4.93. The van der Waals surface area contributed by atoms with Gasteiger partial charge in [0.05, 0.1) is 6.61 Å². The van der Waals surface area contributed by atoms with Gasteiger partial charge in [0.25, 0.3) is 0 Å². The zero-order valence-corrected chi connectivity index (χ0v) is 5.58. The van der Waals surface area contributed by atoms with Crippen molar-refractivity contribution in [2.24, 2.45) is 5.73 Å². The third-order valence-electron chi connectivity index (χ3n) is 0.966. The summed E-state index contributed by atoms with van der Waals surface area (Å²) in [4.78, 5) is 3.86. The summed E-state index contributed by atoms with van der Waals surface area (Å²) in [6.45, 7) is 1.55. The molecule has 1 rings (SSSR count). The number of rotatable bonds is 4. The first kappa shape index (κ1) is 7.17. The number of ether oxygens (including phenoxy) is 1. The molecule has 1 aromatic rings. The maximum atomic E-state index is 5.20. The molecule has 0 radical (unpaired) electrons. The molecule has 0 bridgehead atoms. The Balaban J connectivity index is 2.15. The van der Waals surface area contributed by atoms with Gasteiger partial charge in [-0.15, -0.1) is 0 Å². The predicted octanol–water partition coefficient (Wildman–Crippen LogP) is -0.720. The molecular formula is C5H10N4O. The van der Waals surface area contributed by atoms with E-state index in [9.17, 15) is 0 Å². The van der Waals surface area contributed by atoms with Crippen LogP contribution in [0.5, 0.6) is 0 Å². The van der Waals surface area contributed by atoms with E-state index in [-0.39, 0.29) is 0 Å². The van der Waals surface area contributed by atoms with Crippen molar-refractivity contribution in [1.29, 1.82) is 0 Å². The standard InChI is InChI=1S/C5H10N4O/c6-1-2-10-3-5-7-4-8-9-5/h4H,1-3,6H2,(H,7,8,9). The molecule has 0 aromatic carbocycles. The molecule has 56 valence electrons. The fraction of sp³-hybridized carbons (Fsp3) is 0.600. The van der Waals surface area contributed by atoms with Crippen LogP contribution in [-0.4, -0.2) is 28.3 Å². The Morgan fingerprint density at radius 3 is 3.20 bits per heavy atom. The lowest BCUT2D eigenvalue weighted by atomic mass is 10.6. The second-order valence-corrected chi connectivity index (χ2v) is 1.77. The van der Waals surface area contributed by atoms with Gasteiger partial charge >= 0.3 is 0 Å². The Kier molecular flexibility index (Phi) is 2.85. The van der Waals surface area contributed by atoms with Gasteiger partial charge in [-0.25, -0.2) is 4.98 Å². The molecule has 0 aliphatic rings. The molecule has 0 amide bonds. The highest BCUT2D eigenvalue weighted by molar-refractivity contribution is 4.74. The lowest BCUT2D eigenvalue weighted by Gasteiger charge is -1.96. The van der Waals surface area contributed by atoms with Crippen LogP contribution in [0.15, 0.2) is 6.33 Å². The first-order valence-electron chi connectivity index (χ1n) is 3.05. The van der Waals surface area contributed by atoms with Crippen molar-refractivity contribution in [2.75, 3.05) is 13.2 Å². The van der Waals surface area contributed by atoms with Gasteiger partial charge in [-0.3, -0.25) is 5.10 Å². The van der Waals surface area contributed by atoms with Gasteiger partial charge < -0.3 is 10.5 Å². The molecule has 0 fully saturated rings. The summed E-state index contributed by atoms with van der Waals surface area (Å²) in [7, 11) is 0. The van der Waals surface area contributed by atoms with Gasteiger partial charge in [0.15, 0.2) is 0 Å². The topological polar surface area (TPSA) is 76.8 Å². The number of aromatic nitrogens is 3. The zero-order valence-electron chi connectivity index (χ0n) is 5.58. The molecule has 10 heavy (non-hydrogen) atoms. The van der Waals surface area contributed by atoms with Gasteiger partial charge in [-0.1, -0.05) is 0 Å². The van der Waals surface area contributed by atoms with E-state index >= 15 is 0 Å². The third kappa shape index (κ3) is 2.12. The van der Waals surface area contributed by atoms with E-state index in [1.54, 1.807) is 0 Å². The van der Waals surface area contributed by atoms with Crippen molar-refractivity contribution in [3.05, 3.63) is 12.2 Å². The Labute approximate surface area is 58.6 Å². The molecule has 1 heterocycles. The summed E-state index contributed by atoms with van der Waals surface area (Å²) in [5, 5.41) is 6.32. The number of nitrogens with zero attached hydrogens (tertiary/aromatic N) is 2. The maximum absolute atomic E-state index is 5.20. The zero-order chi connectivity index (χ0) is 7.23. The average molecular weight is 142 g/mol. The van der Waals surface area contributed by atoms with Crippen molar-refractivity contribution >= 4 is 0 Å². The summed E-state index contributed by atoms with van der Waals surface area (Å²) >= 11 is 0. The van der Waals surface area contributed by atoms with Crippen molar-refractivity contribution < 1.29 is 4.74 Å². The van der Waals surface area contributed by atoms with Crippen LogP contribution in [0, 0.1) is 0 Å². The lowest BCUT2D eigenvalue weighted by Crippen LogP contribution is -2.08. The molecule has 0 aliphatic carbocycles. The average Bonchev–Trinajstić information content (AvgIpc) is 2.41. The molecule has 0 atom stereocenters. The molecule has 1 aromatic heterocycles. The Hall–Kier alpha value is -0.940. The maximum Gasteiger partial charge on any atom is 0.150 e. The monoisotopic (exact) mass is 142 g/mol. The smallest absolute Gasteiger partial charge is 0.150 e. The quantitative estimate of drug-likeness (QED) is 0.544. The predicted molar refractivity (Wildman–Crippen MR) is 35.1 cm³/mol. The van der Waals surface area contributed by atoms with Gasteiger partial charge in [0.2, 0.25) is 0 Å². The van der Waals surface area contributed by atoms with Gasteiger partial charge in [-0.05, 0) is 0 Å². The molecule has 0 aliphatic heterocycles. The van der Waals surface area contributed by atoms with Crippen molar-refractivity contribution in [3.8, 4) is 0 Å². The summed E-state index contributed by atoms with van der Waals surface area (Å²) in [5.41, 5.74) is 5.20. The highest BCUT2D eigenvalue weighted by atomic mass is 16.5. The highest BCUT2D eigenvalue weighted by Crippen LogP contribution is 1.87. The third-order valence-corrected chi connectivity index (χ3v) is 0.966.